The molecule has 1 aromatic carbocycles. The van der Waals surface area contributed by atoms with Gasteiger partial charge < -0.3 is 10.0 Å². The Morgan fingerprint density at radius 3 is 2.83 bits per heavy atom. The Morgan fingerprint density at radius 2 is 2.13 bits per heavy atom. The number of hydrogen-bond acceptors (Lipinski definition) is 4. The number of piperidine rings is 1. The zero-order chi connectivity index (χ0) is 16.9. The van der Waals surface area contributed by atoms with Crippen LogP contribution in [0.5, 0.6) is 5.75 Å². The molecule has 2 unspecified atom stereocenters. The molecule has 1 fully saturated rings. The maximum Gasteiger partial charge on any atom is 0.172 e. The Hall–Kier alpha value is -0.650. The fourth-order valence-electron chi connectivity index (χ4n) is 3.29. The third kappa shape index (κ3) is 2.81. The second kappa shape index (κ2) is 6.34. The molecule has 0 amide bonds. The summed E-state index contributed by atoms with van der Waals surface area (Å²) >= 11 is 11.3. The first-order chi connectivity index (χ1) is 10.8. The Balaban J connectivity index is 1.95. The van der Waals surface area contributed by atoms with E-state index in [1.165, 1.54) is 10.6 Å². The van der Waals surface area contributed by atoms with Gasteiger partial charge >= 0.3 is 0 Å². The van der Waals surface area contributed by atoms with Gasteiger partial charge in [0.1, 0.15) is 5.75 Å². The number of fused-ring (bicyclic) bond motifs is 1. The van der Waals surface area contributed by atoms with E-state index in [2.05, 4.69) is 34.7 Å². The first-order valence-electron chi connectivity index (χ1n) is 7.65. The molecule has 2 aliphatic heterocycles. The van der Waals surface area contributed by atoms with Gasteiger partial charge in [-0.1, -0.05) is 11.6 Å². The zero-order valence-corrected chi connectivity index (χ0v) is 16.5. The topological polar surface area (TPSA) is 40.5 Å². The third-order valence-electron chi connectivity index (χ3n) is 4.83. The summed E-state index contributed by atoms with van der Waals surface area (Å²) < 4.78 is 0.505. The van der Waals surface area contributed by atoms with E-state index in [1.54, 1.807) is 17.8 Å². The molecule has 0 aliphatic carbocycles. The number of benzene rings is 1. The Bertz CT molecular complexity index is 719. The number of phenolic OH excluding ortho intramolecular Hbond substituents is 1. The van der Waals surface area contributed by atoms with Crippen molar-refractivity contribution in [3.63, 3.8) is 0 Å². The first kappa shape index (κ1) is 17.2. The van der Waals surface area contributed by atoms with Crippen molar-refractivity contribution in [1.29, 1.82) is 0 Å². The molecular weight excluding hydrogens is 398 g/mol. The van der Waals surface area contributed by atoms with Gasteiger partial charge in [-0.25, -0.2) is 0 Å². The molecule has 3 rings (SSSR count). The standard InChI is InChI=1S/C17H19BrClNO2S/c1-8-13(19)7-12(16(22)14(8)18)15(21)11-5-4-6-20-9(2)10(3)23-17(11)20/h7,11,17,22H,4-6H2,1-3H3. The fourth-order valence-corrected chi connectivity index (χ4v) is 5.50. The normalized spacial score (nSPS) is 24.1. The first-order valence-corrected chi connectivity index (χ1v) is 9.70. The van der Waals surface area contributed by atoms with E-state index in [4.69, 9.17) is 11.6 Å². The van der Waals surface area contributed by atoms with Crippen LogP contribution in [0, 0.1) is 12.8 Å². The maximum absolute atomic E-state index is 13.1. The smallest absolute Gasteiger partial charge is 0.172 e. The molecule has 0 saturated carbocycles. The van der Waals surface area contributed by atoms with Gasteiger partial charge in [-0.05, 0) is 61.2 Å². The SMILES string of the molecule is CC1=C(C)N2CCCC(C(=O)c3cc(Cl)c(C)c(Br)c3O)C2S1. The highest BCUT2D eigenvalue weighted by molar-refractivity contribution is 9.10. The summed E-state index contributed by atoms with van der Waals surface area (Å²) in [6.45, 7) is 7.03. The van der Waals surface area contributed by atoms with E-state index in [0.717, 1.165) is 24.9 Å². The average molecular weight is 417 g/mol. The minimum Gasteiger partial charge on any atom is -0.506 e. The summed E-state index contributed by atoms with van der Waals surface area (Å²) in [6.07, 6.45) is 1.83. The van der Waals surface area contributed by atoms with Gasteiger partial charge in [0.25, 0.3) is 0 Å². The summed E-state index contributed by atoms with van der Waals surface area (Å²) in [7, 11) is 0. The molecule has 0 aromatic heterocycles. The minimum absolute atomic E-state index is 0.00146. The predicted molar refractivity (Wildman–Crippen MR) is 99.1 cm³/mol. The number of thioether (sulfide) groups is 1. The van der Waals surface area contributed by atoms with Crippen LogP contribution in [0.1, 0.15) is 42.6 Å². The minimum atomic E-state index is -0.127. The number of nitrogens with zero attached hydrogens (tertiary/aromatic N) is 1. The van der Waals surface area contributed by atoms with Gasteiger partial charge in [0, 0.05) is 22.2 Å². The number of rotatable bonds is 2. The van der Waals surface area contributed by atoms with Crippen LogP contribution in [0.4, 0.5) is 0 Å². The molecule has 3 nitrogen and oxygen atoms in total. The van der Waals surface area contributed by atoms with E-state index in [1.807, 2.05) is 6.92 Å². The number of Topliss-reactive ketones (excluding diaryl/α,β-unsaturated/α-hetero) is 1. The van der Waals surface area contributed by atoms with Crippen LogP contribution in [0.15, 0.2) is 21.1 Å². The largest absolute Gasteiger partial charge is 0.506 e. The molecule has 1 N–H and O–H groups in total. The Labute approximate surface area is 154 Å². The van der Waals surface area contributed by atoms with Gasteiger partial charge in [0.2, 0.25) is 0 Å². The third-order valence-corrected chi connectivity index (χ3v) is 7.66. The van der Waals surface area contributed by atoms with Crippen molar-refractivity contribution in [2.24, 2.45) is 5.92 Å². The number of hydrogen-bond donors (Lipinski definition) is 1. The number of carbonyl (C=O) groups is 1. The summed E-state index contributed by atoms with van der Waals surface area (Å²) in [4.78, 5) is 16.7. The molecule has 23 heavy (non-hydrogen) atoms. The molecule has 2 aliphatic rings. The predicted octanol–water partition coefficient (Wildman–Crippen LogP) is 5.34. The monoisotopic (exact) mass is 415 g/mol. The molecule has 1 saturated heterocycles. The number of aromatic hydroxyl groups is 1. The molecule has 124 valence electrons. The Kier molecular flexibility index (Phi) is 4.73. The number of phenols is 1. The van der Waals surface area contributed by atoms with Gasteiger partial charge in [-0.3, -0.25) is 4.79 Å². The summed E-state index contributed by atoms with van der Waals surface area (Å²) in [5, 5.41) is 11.0. The van der Waals surface area contributed by atoms with Crippen molar-refractivity contribution in [2.45, 2.75) is 39.0 Å². The molecular formula is C17H19BrClNO2S. The van der Waals surface area contributed by atoms with E-state index in [-0.39, 0.29) is 22.8 Å². The molecule has 1 aromatic rings. The summed E-state index contributed by atoms with van der Waals surface area (Å²) in [5.41, 5.74) is 2.33. The molecule has 0 radical (unpaired) electrons. The highest BCUT2D eigenvalue weighted by Crippen LogP contribution is 2.47. The van der Waals surface area contributed by atoms with Crippen molar-refractivity contribution in [2.75, 3.05) is 6.54 Å². The second-order valence-electron chi connectivity index (χ2n) is 6.15. The van der Waals surface area contributed by atoms with Crippen LogP contribution >= 0.6 is 39.3 Å². The van der Waals surface area contributed by atoms with E-state index in [0.29, 0.717) is 15.1 Å². The highest BCUT2D eigenvalue weighted by atomic mass is 79.9. The maximum atomic E-state index is 13.1. The van der Waals surface area contributed by atoms with Crippen LogP contribution in [0.3, 0.4) is 0 Å². The summed E-state index contributed by atoms with van der Waals surface area (Å²) in [6, 6.07) is 1.60. The lowest BCUT2D eigenvalue weighted by atomic mass is 9.88. The molecule has 2 atom stereocenters. The second-order valence-corrected chi connectivity index (χ2v) is 8.68. The Morgan fingerprint density at radius 1 is 1.43 bits per heavy atom. The molecule has 6 heteroatoms. The van der Waals surface area contributed by atoms with Crippen molar-refractivity contribution in [1.82, 2.24) is 4.90 Å². The highest BCUT2D eigenvalue weighted by Gasteiger charge is 2.41. The van der Waals surface area contributed by atoms with Crippen molar-refractivity contribution >= 4 is 45.1 Å². The molecule has 0 spiro atoms. The van der Waals surface area contributed by atoms with Crippen LogP contribution in [0.25, 0.3) is 0 Å². The van der Waals surface area contributed by atoms with Crippen molar-refractivity contribution < 1.29 is 9.90 Å². The van der Waals surface area contributed by atoms with Gasteiger partial charge in [0.15, 0.2) is 5.78 Å². The zero-order valence-electron chi connectivity index (χ0n) is 13.3. The average Bonchev–Trinajstić information content (AvgIpc) is 2.83. The molecule has 2 heterocycles. The van der Waals surface area contributed by atoms with Gasteiger partial charge in [0.05, 0.1) is 21.3 Å². The number of ketones is 1. The number of halogens is 2. The summed E-state index contributed by atoms with van der Waals surface area (Å²) in [5.74, 6) is -0.147. The van der Waals surface area contributed by atoms with Crippen LogP contribution in [-0.4, -0.2) is 27.7 Å². The van der Waals surface area contributed by atoms with E-state index in [9.17, 15) is 9.90 Å². The van der Waals surface area contributed by atoms with Crippen LogP contribution < -0.4 is 0 Å². The molecule has 0 bridgehead atoms. The van der Waals surface area contributed by atoms with E-state index >= 15 is 0 Å². The van der Waals surface area contributed by atoms with E-state index < -0.39 is 0 Å². The number of carbonyl (C=O) groups excluding carboxylic acids is 1. The lowest BCUT2D eigenvalue weighted by Gasteiger charge is -2.37. The number of allylic oxidation sites excluding steroid dienone is 2. The lowest BCUT2D eigenvalue weighted by Crippen LogP contribution is -2.42. The quantitative estimate of drug-likeness (QED) is 0.661. The lowest BCUT2D eigenvalue weighted by molar-refractivity contribution is 0.0825. The van der Waals surface area contributed by atoms with Crippen molar-refractivity contribution in [3.8, 4) is 5.75 Å². The van der Waals surface area contributed by atoms with Gasteiger partial charge in [-0.15, -0.1) is 11.8 Å². The van der Waals surface area contributed by atoms with Gasteiger partial charge in [-0.2, -0.15) is 0 Å². The van der Waals surface area contributed by atoms with Crippen LogP contribution in [0.2, 0.25) is 5.02 Å². The van der Waals surface area contributed by atoms with Crippen LogP contribution in [-0.2, 0) is 0 Å². The fraction of sp³-hybridized carbons (Fsp3) is 0.471. The van der Waals surface area contributed by atoms with Crippen molar-refractivity contribution in [3.05, 3.63) is 37.3 Å².